The molecule has 0 amide bonds. The predicted molar refractivity (Wildman–Crippen MR) is 155 cm³/mol. The van der Waals surface area contributed by atoms with Gasteiger partial charge in [0, 0.05) is 0 Å². The Bertz CT molecular complexity index is 1170. The molecule has 4 aromatic carbocycles. The van der Waals surface area contributed by atoms with Crippen LogP contribution in [0.3, 0.4) is 0 Å². The summed E-state index contributed by atoms with van der Waals surface area (Å²) < 4.78 is 0. The summed E-state index contributed by atoms with van der Waals surface area (Å²) >= 11 is 0. The second kappa shape index (κ2) is 13.8. The quantitative estimate of drug-likeness (QED) is 0.152. The Kier molecular flexibility index (Phi) is 9.65. The number of benzene rings is 4. The standard InChI is InChI=1S/C33H36N4/c1-3-33(35-37(26-31-20-12-6-13-21-31)27-32-22-14-7-15-23-32)28(2)34-36(24-29-16-8-4-9-17-29)25-30-18-10-5-11-19-30/h4-23H,3,24-27H2,1-2H3/b34-28+,35-33+. The monoisotopic (exact) mass is 488 g/mol. The topological polar surface area (TPSA) is 31.2 Å². The zero-order valence-corrected chi connectivity index (χ0v) is 21.9. The average Bonchev–Trinajstić information content (AvgIpc) is 2.94. The molecule has 0 saturated carbocycles. The Morgan fingerprint density at radius 2 is 0.784 bits per heavy atom. The molecule has 0 N–H and O–H groups in total. The maximum Gasteiger partial charge on any atom is 0.0832 e. The third-order valence-electron chi connectivity index (χ3n) is 6.14. The Balaban J connectivity index is 1.60. The maximum atomic E-state index is 5.14. The van der Waals surface area contributed by atoms with Gasteiger partial charge in [0.05, 0.1) is 37.6 Å². The van der Waals surface area contributed by atoms with Crippen LogP contribution in [0.4, 0.5) is 0 Å². The number of hydrogen-bond donors (Lipinski definition) is 0. The number of hydrazone groups is 2. The molecule has 0 fully saturated rings. The summed E-state index contributed by atoms with van der Waals surface area (Å²) in [6, 6.07) is 42.1. The van der Waals surface area contributed by atoms with Gasteiger partial charge in [0.15, 0.2) is 0 Å². The molecule has 0 atom stereocenters. The molecule has 0 aliphatic carbocycles. The molecule has 4 aromatic rings. The van der Waals surface area contributed by atoms with Gasteiger partial charge in [-0.15, -0.1) is 0 Å². The van der Waals surface area contributed by atoms with E-state index < -0.39 is 0 Å². The molecule has 188 valence electrons. The molecule has 0 saturated heterocycles. The molecule has 37 heavy (non-hydrogen) atoms. The van der Waals surface area contributed by atoms with Gasteiger partial charge in [-0.05, 0) is 35.6 Å². The molecule has 0 bridgehead atoms. The third-order valence-corrected chi connectivity index (χ3v) is 6.14. The maximum absolute atomic E-state index is 5.14. The molecule has 0 aromatic heterocycles. The largest absolute Gasteiger partial charge is 0.288 e. The van der Waals surface area contributed by atoms with Crippen LogP contribution in [0.5, 0.6) is 0 Å². The van der Waals surface area contributed by atoms with Gasteiger partial charge >= 0.3 is 0 Å². The first kappa shape index (κ1) is 25.9. The fourth-order valence-electron chi connectivity index (χ4n) is 4.27. The second-order valence-corrected chi connectivity index (χ2v) is 9.17. The fourth-order valence-corrected chi connectivity index (χ4v) is 4.27. The summed E-state index contributed by atoms with van der Waals surface area (Å²) in [5.74, 6) is 0. The Labute approximate surface area is 221 Å². The first-order valence-corrected chi connectivity index (χ1v) is 13.0. The van der Waals surface area contributed by atoms with Crippen molar-refractivity contribution in [3.05, 3.63) is 144 Å². The van der Waals surface area contributed by atoms with E-state index in [4.69, 9.17) is 10.2 Å². The normalized spacial score (nSPS) is 11.8. The van der Waals surface area contributed by atoms with Crippen molar-refractivity contribution in [2.45, 2.75) is 46.4 Å². The molecule has 0 aliphatic heterocycles. The fraction of sp³-hybridized carbons (Fsp3) is 0.212. The molecule has 4 nitrogen and oxygen atoms in total. The summed E-state index contributed by atoms with van der Waals surface area (Å²) in [7, 11) is 0. The average molecular weight is 489 g/mol. The van der Waals surface area contributed by atoms with Crippen molar-refractivity contribution >= 4 is 11.4 Å². The van der Waals surface area contributed by atoms with Gasteiger partial charge in [-0.1, -0.05) is 128 Å². The molecule has 0 spiro atoms. The van der Waals surface area contributed by atoms with Crippen LogP contribution in [0.2, 0.25) is 0 Å². The van der Waals surface area contributed by atoms with Crippen molar-refractivity contribution in [1.82, 2.24) is 10.0 Å². The highest BCUT2D eigenvalue weighted by Gasteiger charge is 2.12. The van der Waals surface area contributed by atoms with Crippen molar-refractivity contribution in [2.24, 2.45) is 10.2 Å². The minimum Gasteiger partial charge on any atom is -0.288 e. The van der Waals surface area contributed by atoms with Crippen molar-refractivity contribution in [3.63, 3.8) is 0 Å². The van der Waals surface area contributed by atoms with E-state index in [1.54, 1.807) is 0 Å². The smallest absolute Gasteiger partial charge is 0.0832 e. The van der Waals surface area contributed by atoms with Crippen LogP contribution < -0.4 is 0 Å². The van der Waals surface area contributed by atoms with Crippen molar-refractivity contribution in [3.8, 4) is 0 Å². The van der Waals surface area contributed by atoms with E-state index in [1.165, 1.54) is 22.3 Å². The Morgan fingerprint density at radius 1 is 0.486 bits per heavy atom. The summed E-state index contributed by atoms with van der Waals surface area (Å²) in [6.45, 7) is 7.19. The van der Waals surface area contributed by atoms with Crippen LogP contribution in [-0.4, -0.2) is 21.4 Å². The van der Waals surface area contributed by atoms with Crippen LogP contribution in [0.25, 0.3) is 0 Å². The SMILES string of the molecule is CCC(=N\N(Cc1ccccc1)Cc1ccccc1)/C(C)=N/N(Cc1ccccc1)Cc1ccccc1. The van der Waals surface area contributed by atoms with Gasteiger partial charge in [-0.2, -0.15) is 10.2 Å². The van der Waals surface area contributed by atoms with E-state index in [1.807, 2.05) is 0 Å². The van der Waals surface area contributed by atoms with E-state index in [2.05, 4.69) is 145 Å². The third kappa shape index (κ3) is 8.46. The van der Waals surface area contributed by atoms with Crippen molar-refractivity contribution < 1.29 is 0 Å². The number of hydrogen-bond acceptors (Lipinski definition) is 4. The van der Waals surface area contributed by atoms with Gasteiger partial charge in [0.1, 0.15) is 0 Å². The van der Waals surface area contributed by atoms with Crippen LogP contribution >= 0.6 is 0 Å². The summed E-state index contributed by atoms with van der Waals surface area (Å²) in [6.07, 6.45) is 0.805. The zero-order valence-electron chi connectivity index (χ0n) is 21.9. The summed E-state index contributed by atoms with van der Waals surface area (Å²) in [5.41, 5.74) is 6.89. The molecule has 0 radical (unpaired) electrons. The van der Waals surface area contributed by atoms with Crippen molar-refractivity contribution in [2.75, 3.05) is 0 Å². The highest BCUT2D eigenvalue weighted by molar-refractivity contribution is 6.41. The molecule has 0 unspecified atom stereocenters. The minimum atomic E-state index is 0.738. The summed E-state index contributed by atoms with van der Waals surface area (Å²) in [5, 5.41) is 14.5. The van der Waals surface area contributed by atoms with Gasteiger partial charge in [-0.3, -0.25) is 10.0 Å². The first-order chi connectivity index (χ1) is 18.2. The highest BCUT2D eigenvalue weighted by Crippen LogP contribution is 2.14. The number of nitrogens with zero attached hydrogens (tertiary/aromatic N) is 4. The zero-order chi connectivity index (χ0) is 25.7. The van der Waals surface area contributed by atoms with Crippen molar-refractivity contribution in [1.29, 1.82) is 0 Å². The predicted octanol–water partition coefficient (Wildman–Crippen LogP) is 7.53. The molecule has 4 heteroatoms. The lowest BCUT2D eigenvalue weighted by molar-refractivity contribution is 0.267. The van der Waals surface area contributed by atoms with Gasteiger partial charge in [-0.25, -0.2) is 0 Å². The van der Waals surface area contributed by atoms with E-state index in [-0.39, 0.29) is 0 Å². The van der Waals surface area contributed by atoms with Gasteiger partial charge < -0.3 is 0 Å². The van der Waals surface area contributed by atoms with Crippen LogP contribution in [0, 0.1) is 0 Å². The van der Waals surface area contributed by atoms with Gasteiger partial charge in [0.25, 0.3) is 0 Å². The minimum absolute atomic E-state index is 0.738. The second-order valence-electron chi connectivity index (χ2n) is 9.17. The van der Waals surface area contributed by atoms with Crippen LogP contribution in [0.1, 0.15) is 42.5 Å². The number of rotatable bonds is 12. The lowest BCUT2D eigenvalue weighted by Gasteiger charge is -2.23. The van der Waals surface area contributed by atoms with E-state index >= 15 is 0 Å². The van der Waals surface area contributed by atoms with Crippen LogP contribution in [0.15, 0.2) is 132 Å². The van der Waals surface area contributed by atoms with Crippen LogP contribution in [-0.2, 0) is 26.2 Å². The first-order valence-electron chi connectivity index (χ1n) is 13.0. The molecular formula is C33H36N4. The Morgan fingerprint density at radius 3 is 1.08 bits per heavy atom. The summed E-state index contributed by atoms with van der Waals surface area (Å²) in [4.78, 5) is 0. The lowest BCUT2D eigenvalue weighted by Crippen LogP contribution is -2.25. The van der Waals surface area contributed by atoms with E-state index in [0.29, 0.717) is 0 Å². The molecule has 4 rings (SSSR count). The molecular weight excluding hydrogens is 452 g/mol. The Hall–Kier alpha value is -4.18. The van der Waals surface area contributed by atoms with Gasteiger partial charge in [0.2, 0.25) is 0 Å². The molecule has 0 aliphatic rings. The highest BCUT2D eigenvalue weighted by atomic mass is 15.5. The van der Waals surface area contributed by atoms with E-state index in [0.717, 1.165) is 44.0 Å². The van der Waals surface area contributed by atoms with E-state index in [9.17, 15) is 0 Å². The molecule has 0 heterocycles. The lowest BCUT2D eigenvalue weighted by atomic mass is 10.2.